The summed E-state index contributed by atoms with van der Waals surface area (Å²) < 4.78 is 5.61. The van der Waals surface area contributed by atoms with Crippen LogP contribution in [0.2, 0.25) is 0 Å². The summed E-state index contributed by atoms with van der Waals surface area (Å²) >= 11 is 0. The van der Waals surface area contributed by atoms with Crippen LogP contribution >= 0.6 is 0 Å². The predicted molar refractivity (Wildman–Crippen MR) is 102 cm³/mol. The highest BCUT2D eigenvalue weighted by Gasteiger charge is 2.24. The molecule has 2 aliphatic rings. The van der Waals surface area contributed by atoms with E-state index in [1.807, 2.05) is 12.1 Å². The molecule has 0 aromatic heterocycles. The van der Waals surface area contributed by atoms with Crippen LogP contribution in [0, 0.1) is 10.1 Å². The van der Waals surface area contributed by atoms with E-state index in [4.69, 9.17) is 4.74 Å². The minimum atomic E-state index is -0.360. The molecule has 6 nitrogen and oxygen atoms in total. The third-order valence-corrected chi connectivity index (χ3v) is 5.27. The third-order valence-electron chi connectivity index (χ3n) is 5.27. The number of nitro benzene ring substituents is 1. The zero-order chi connectivity index (χ0) is 18.1. The van der Waals surface area contributed by atoms with E-state index in [0.717, 1.165) is 50.4 Å². The van der Waals surface area contributed by atoms with Gasteiger partial charge in [-0.15, -0.1) is 0 Å². The van der Waals surface area contributed by atoms with E-state index in [-0.39, 0.29) is 10.6 Å². The summed E-state index contributed by atoms with van der Waals surface area (Å²) in [5, 5.41) is 14.4. The predicted octanol–water partition coefficient (Wildman–Crippen LogP) is 3.13. The largest absolute Gasteiger partial charge is 0.377 e. The molecule has 0 saturated carbocycles. The Labute approximate surface area is 152 Å². The average Bonchev–Trinajstić information content (AvgIpc) is 2.68. The van der Waals surface area contributed by atoms with Crippen molar-refractivity contribution in [3.8, 4) is 11.1 Å². The number of hydrogen-bond acceptors (Lipinski definition) is 5. The Morgan fingerprint density at radius 3 is 2.77 bits per heavy atom. The van der Waals surface area contributed by atoms with E-state index in [1.54, 1.807) is 12.1 Å². The van der Waals surface area contributed by atoms with Crippen molar-refractivity contribution < 1.29 is 9.66 Å². The smallest absolute Gasteiger partial charge is 0.269 e. The molecule has 2 aliphatic heterocycles. The molecule has 0 bridgehead atoms. The molecule has 0 unspecified atom stereocenters. The zero-order valence-electron chi connectivity index (χ0n) is 14.9. The molecule has 1 fully saturated rings. The van der Waals surface area contributed by atoms with Crippen molar-refractivity contribution in [3.05, 3.63) is 57.6 Å². The molecule has 0 aliphatic carbocycles. The Bertz CT molecular complexity index is 820. The fourth-order valence-electron chi connectivity index (χ4n) is 3.88. The number of non-ortho nitro benzene ring substituents is 1. The third kappa shape index (κ3) is 3.18. The number of ether oxygens (including phenoxy) is 1. The maximum atomic E-state index is 10.9. The van der Waals surface area contributed by atoms with Gasteiger partial charge in [-0.05, 0) is 66.4 Å². The van der Waals surface area contributed by atoms with E-state index in [9.17, 15) is 10.1 Å². The molecule has 0 amide bonds. The summed E-state index contributed by atoms with van der Waals surface area (Å²) in [7, 11) is 0. The van der Waals surface area contributed by atoms with Gasteiger partial charge >= 0.3 is 0 Å². The van der Waals surface area contributed by atoms with Crippen molar-refractivity contribution in [2.24, 2.45) is 0 Å². The molecule has 136 valence electrons. The number of hydrogen-bond donors (Lipinski definition) is 1. The molecule has 2 heterocycles. The Hall–Kier alpha value is -2.44. The van der Waals surface area contributed by atoms with Crippen molar-refractivity contribution in [1.82, 2.24) is 5.32 Å². The highest BCUT2D eigenvalue weighted by Crippen LogP contribution is 2.35. The summed E-state index contributed by atoms with van der Waals surface area (Å²) in [5.74, 6) is 0. The molecule has 1 atom stereocenters. The van der Waals surface area contributed by atoms with E-state index in [1.165, 1.54) is 16.8 Å². The van der Waals surface area contributed by atoms with Crippen LogP contribution in [-0.2, 0) is 17.7 Å². The normalized spacial score (nSPS) is 19.9. The van der Waals surface area contributed by atoms with Crippen LogP contribution in [0.5, 0.6) is 0 Å². The van der Waals surface area contributed by atoms with Crippen molar-refractivity contribution in [1.29, 1.82) is 0 Å². The number of benzene rings is 2. The number of anilines is 1. The van der Waals surface area contributed by atoms with Gasteiger partial charge in [-0.25, -0.2) is 0 Å². The van der Waals surface area contributed by atoms with Gasteiger partial charge in [0.15, 0.2) is 0 Å². The van der Waals surface area contributed by atoms with Crippen molar-refractivity contribution in [2.75, 3.05) is 31.2 Å². The molecule has 2 aromatic carbocycles. The van der Waals surface area contributed by atoms with Crippen LogP contribution < -0.4 is 10.2 Å². The monoisotopic (exact) mass is 353 g/mol. The summed E-state index contributed by atoms with van der Waals surface area (Å²) in [6.45, 7) is 6.45. The highest BCUT2D eigenvalue weighted by atomic mass is 16.6. The van der Waals surface area contributed by atoms with Gasteiger partial charge in [-0.1, -0.05) is 0 Å². The van der Waals surface area contributed by atoms with Crippen LogP contribution in [0.15, 0.2) is 36.4 Å². The highest BCUT2D eigenvalue weighted by molar-refractivity contribution is 5.74. The lowest BCUT2D eigenvalue weighted by atomic mass is 9.92. The number of nitrogens with zero attached hydrogens (tertiary/aromatic N) is 2. The lowest BCUT2D eigenvalue weighted by Gasteiger charge is -2.38. The van der Waals surface area contributed by atoms with Gasteiger partial charge in [0.2, 0.25) is 0 Å². The van der Waals surface area contributed by atoms with Crippen LogP contribution in [0.1, 0.15) is 18.1 Å². The number of morpholine rings is 1. The number of rotatable bonds is 3. The standard InChI is InChI=1S/C20H23N3O3/c1-14-13-26-9-8-22(14)20-11-16(10-17-12-21-7-6-19(17)20)15-2-4-18(5-3-15)23(24)25/h2-5,10-11,14,21H,6-9,12-13H2,1H3/t14-/m0/s1. The van der Waals surface area contributed by atoms with E-state index in [0.29, 0.717) is 6.04 Å². The van der Waals surface area contributed by atoms with E-state index < -0.39 is 0 Å². The first kappa shape index (κ1) is 17.0. The summed E-state index contributed by atoms with van der Waals surface area (Å²) in [4.78, 5) is 13.0. The molecule has 0 spiro atoms. The lowest BCUT2D eigenvalue weighted by molar-refractivity contribution is -0.384. The van der Waals surface area contributed by atoms with Crippen LogP contribution in [0.25, 0.3) is 11.1 Å². The Balaban J connectivity index is 1.78. The fourth-order valence-corrected chi connectivity index (χ4v) is 3.88. The molecular weight excluding hydrogens is 330 g/mol. The quantitative estimate of drug-likeness (QED) is 0.678. The second kappa shape index (κ2) is 7.05. The maximum Gasteiger partial charge on any atom is 0.269 e. The van der Waals surface area contributed by atoms with Crippen molar-refractivity contribution >= 4 is 11.4 Å². The van der Waals surface area contributed by atoms with Gasteiger partial charge in [0.05, 0.1) is 18.1 Å². The van der Waals surface area contributed by atoms with E-state index >= 15 is 0 Å². The first-order valence-corrected chi connectivity index (χ1v) is 9.09. The zero-order valence-corrected chi connectivity index (χ0v) is 14.9. The van der Waals surface area contributed by atoms with Crippen molar-refractivity contribution in [2.45, 2.75) is 25.9 Å². The second-order valence-electron chi connectivity index (χ2n) is 6.98. The molecular formula is C20H23N3O3. The van der Waals surface area contributed by atoms with Crippen LogP contribution in [-0.4, -0.2) is 37.3 Å². The lowest BCUT2D eigenvalue weighted by Crippen LogP contribution is -2.44. The van der Waals surface area contributed by atoms with Gasteiger partial charge in [-0.3, -0.25) is 10.1 Å². The summed E-state index contributed by atoms with van der Waals surface area (Å²) in [6.07, 6.45) is 1.02. The van der Waals surface area contributed by atoms with Crippen LogP contribution in [0.3, 0.4) is 0 Å². The number of nitrogens with one attached hydrogen (secondary N) is 1. The molecule has 6 heteroatoms. The van der Waals surface area contributed by atoms with Gasteiger partial charge in [0, 0.05) is 37.0 Å². The summed E-state index contributed by atoms with van der Waals surface area (Å²) in [6, 6.07) is 11.6. The molecule has 1 saturated heterocycles. The second-order valence-corrected chi connectivity index (χ2v) is 6.98. The van der Waals surface area contributed by atoms with Crippen LogP contribution in [0.4, 0.5) is 11.4 Å². The minimum absolute atomic E-state index is 0.121. The first-order chi connectivity index (χ1) is 12.6. The Kier molecular flexibility index (Phi) is 4.61. The Morgan fingerprint density at radius 1 is 1.23 bits per heavy atom. The SMILES string of the molecule is C[C@H]1COCCN1c1cc(-c2ccc([N+](=O)[O-])cc2)cc2c1CCNC2. The number of fused-ring (bicyclic) bond motifs is 1. The summed E-state index contributed by atoms with van der Waals surface area (Å²) in [5.41, 5.74) is 6.26. The van der Waals surface area contributed by atoms with E-state index in [2.05, 4.69) is 29.3 Å². The molecule has 26 heavy (non-hydrogen) atoms. The molecule has 1 N–H and O–H groups in total. The van der Waals surface area contributed by atoms with Gasteiger partial charge in [-0.2, -0.15) is 0 Å². The van der Waals surface area contributed by atoms with Gasteiger partial charge < -0.3 is 15.0 Å². The maximum absolute atomic E-state index is 10.9. The minimum Gasteiger partial charge on any atom is -0.377 e. The van der Waals surface area contributed by atoms with Gasteiger partial charge in [0.25, 0.3) is 5.69 Å². The molecule has 2 aromatic rings. The number of nitro groups is 1. The fraction of sp³-hybridized carbons (Fsp3) is 0.400. The molecule has 4 rings (SSSR count). The Morgan fingerprint density at radius 2 is 2.04 bits per heavy atom. The van der Waals surface area contributed by atoms with Gasteiger partial charge in [0.1, 0.15) is 0 Å². The topological polar surface area (TPSA) is 67.6 Å². The molecule has 0 radical (unpaired) electrons. The average molecular weight is 353 g/mol. The van der Waals surface area contributed by atoms with Crippen molar-refractivity contribution in [3.63, 3.8) is 0 Å². The first-order valence-electron chi connectivity index (χ1n) is 9.09.